The van der Waals surface area contributed by atoms with Gasteiger partial charge in [0.2, 0.25) is 12.7 Å². The van der Waals surface area contributed by atoms with Crippen molar-refractivity contribution in [3.63, 3.8) is 0 Å². The van der Waals surface area contributed by atoms with E-state index in [1.165, 1.54) is 11.8 Å². The second kappa shape index (κ2) is 6.98. The number of carbonyl (C=O) groups is 1. The third-order valence-electron chi connectivity index (χ3n) is 4.22. The van der Waals surface area contributed by atoms with E-state index in [-0.39, 0.29) is 12.7 Å². The Hall–Kier alpha value is -2.80. The van der Waals surface area contributed by atoms with Crippen LogP contribution >= 0.6 is 0 Å². The molecule has 2 aliphatic heterocycles. The van der Waals surface area contributed by atoms with Crippen LogP contribution in [0.25, 0.3) is 6.08 Å². The maximum atomic E-state index is 12.0. The molecule has 0 saturated heterocycles. The molecule has 2 aromatic rings. The molecule has 25 heavy (non-hydrogen) atoms. The summed E-state index contributed by atoms with van der Waals surface area (Å²) >= 11 is 0. The molecule has 7 heteroatoms. The number of carbonyl (C=O) groups excluding carboxylic acids is 1. The molecule has 1 amide bonds. The Morgan fingerprint density at radius 1 is 1.32 bits per heavy atom. The molecule has 4 rings (SSSR count). The van der Waals surface area contributed by atoms with Gasteiger partial charge in [-0.05, 0) is 23.8 Å². The van der Waals surface area contributed by atoms with Crippen LogP contribution in [0.4, 0.5) is 0 Å². The zero-order chi connectivity index (χ0) is 17.1. The first-order valence-corrected chi connectivity index (χ1v) is 8.26. The van der Waals surface area contributed by atoms with Gasteiger partial charge in [0.05, 0.1) is 26.0 Å². The van der Waals surface area contributed by atoms with E-state index in [2.05, 4.69) is 10.4 Å². The van der Waals surface area contributed by atoms with Crippen LogP contribution < -0.4 is 14.8 Å². The lowest BCUT2D eigenvalue weighted by Crippen LogP contribution is -2.26. The highest BCUT2D eigenvalue weighted by Gasteiger charge is 2.15. The van der Waals surface area contributed by atoms with Gasteiger partial charge < -0.3 is 19.5 Å². The average molecular weight is 341 g/mol. The van der Waals surface area contributed by atoms with Crippen molar-refractivity contribution in [1.82, 2.24) is 15.1 Å². The molecule has 0 fully saturated rings. The Labute approximate surface area is 145 Å². The summed E-state index contributed by atoms with van der Waals surface area (Å²) in [7, 11) is 0. The third-order valence-corrected chi connectivity index (χ3v) is 4.22. The van der Waals surface area contributed by atoms with Crippen molar-refractivity contribution in [3.05, 3.63) is 47.3 Å². The summed E-state index contributed by atoms with van der Waals surface area (Å²) in [5, 5.41) is 7.24. The Morgan fingerprint density at radius 2 is 2.24 bits per heavy atom. The number of hydrogen-bond acceptors (Lipinski definition) is 5. The lowest BCUT2D eigenvalue weighted by atomic mass is 10.2. The fourth-order valence-electron chi connectivity index (χ4n) is 2.94. The predicted octanol–water partition coefficient (Wildman–Crippen LogP) is 1.51. The molecule has 1 N–H and O–H groups in total. The summed E-state index contributed by atoms with van der Waals surface area (Å²) in [5.41, 5.74) is 3.23. The Kier molecular flexibility index (Phi) is 4.39. The van der Waals surface area contributed by atoms with Crippen molar-refractivity contribution >= 4 is 12.0 Å². The number of fused-ring (bicyclic) bond motifs is 2. The van der Waals surface area contributed by atoms with E-state index in [0.717, 1.165) is 29.9 Å². The topological polar surface area (TPSA) is 74.6 Å². The monoisotopic (exact) mass is 341 g/mol. The Balaban J connectivity index is 1.28. The van der Waals surface area contributed by atoms with Gasteiger partial charge in [0, 0.05) is 30.3 Å². The standard InChI is InChI=1S/C18H19N3O4/c22-18(4-2-13-1-3-16-17(9-13)25-12-24-16)19-6-7-21-15-5-8-23-11-14(15)10-20-21/h1-4,9-10H,5-8,11-12H2,(H,19,22)/b4-2+. The van der Waals surface area contributed by atoms with Crippen molar-refractivity contribution in [3.8, 4) is 11.5 Å². The zero-order valence-electron chi connectivity index (χ0n) is 13.7. The molecule has 0 aliphatic carbocycles. The molecule has 1 aromatic carbocycles. The van der Waals surface area contributed by atoms with Crippen molar-refractivity contribution in [1.29, 1.82) is 0 Å². The molecule has 130 valence electrons. The second-order valence-electron chi connectivity index (χ2n) is 5.88. The number of hydrogen-bond donors (Lipinski definition) is 1. The van der Waals surface area contributed by atoms with Gasteiger partial charge in [-0.3, -0.25) is 9.48 Å². The van der Waals surface area contributed by atoms with Crippen LogP contribution in [0.15, 0.2) is 30.5 Å². The molecular weight excluding hydrogens is 322 g/mol. The summed E-state index contributed by atoms with van der Waals surface area (Å²) in [5.74, 6) is 1.30. The van der Waals surface area contributed by atoms with Crippen LogP contribution in [-0.4, -0.2) is 35.6 Å². The lowest BCUT2D eigenvalue weighted by Gasteiger charge is -2.14. The van der Waals surface area contributed by atoms with E-state index in [0.29, 0.717) is 25.4 Å². The fraction of sp³-hybridized carbons (Fsp3) is 0.333. The van der Waals surface area contributed by atoms with Crippen LogP contribution in [0.1, 0.15) is 16.8 Å². The summed E-state index contributed by atoms with van der Waals surface area (Å²) < 4.78 is 17.9. The molecular formula is C18H19N3O4. The van der Waals surface area contributed by atoms with Crippen LogP contribution in [0.3, 0.4) is 0 Å². The highest BCUT2D eigenvalue weighted by molar-refractivity contribution is 5.91. The smallest absolute Gasteiger partial charge is 0.244 e. The summed E-state index contributed by atoms with van der Waals surface area (Å²) in [4.78, 5) is 12.0. The minimum Gasteiger partial charge on any atom is -0.454 e. The SMILES string of the molecule is O=C(/C=C/c1ccc2c(c1)OCO2)NCCn1ncc2c1CCOC2. The maximum absolute atomic E-state index is 12.0. The van der Waals surface area contributed by atoms with Gasteiger partial charge >= 0.3 is 0 Å². The molecule has 2 aliphatic rings. The van der Waals surface area contributed by atoms with Crippen LogP contribution in [0.5, 0.6) is 11.5 Å². The molecule has 0 spiro atoms. The molecule has 0 atom stereocenters. The first kappa shape index (κ1) is 15.7. The van der Waals surface area contributed by atoms with Crippen molar-refractivity contribution in [2.45, 2.75) is 19.6 Å². The fourth-order valence-corrected chi connectivity index (χ4v) is 2.94. The van der Waals surface area contributed by atoms with Gasteiger partial charge in [0.15, 0.2) is 11.5 Å². The van der Waals surface area contributed by atoms with Crippen molar-refractivity contribution < 1.29 is 19.0 Å². The number of amides is 1. The Morgan fingerprint density at radius 3 is 3.20 bits per heavy atom. The van der Waals surface area contributed by atoms with Gasteiger partial charge in [-0.25, -0.2) is 0 Å². The molecule has 0 unspecified atom stereocenters. The number of rotatable bonds is 5. The number of ether oxygens (including phenoxy) is 3. The van der Waals surface area contributed by atoms with E-state index < -0.39 is 0 Å². The molecule has 0 radical (unpaired) electrons. The zero-order valence-corrected chi connectivity index (χ0v) is 13.7. The average Bonchev–Trinajstić information content (AvgIpc) is 3.26. The van der Waals surface area contributed by atoms with Gasteiger partial charge in [-0.15, -0.1) is 0 Å². The van der Waals surface area contributed by atoms with Gasteiger partial charge in [0.25, 0.3) is 0 Å². The molecule has 1 aromatic heterocycles. The van der Waals surface area contributed by atoms with Crippen LogP contribution in [-0.2, 0) is 29.1 Å². The third kappa shape index (κ3) is 3.51. The number of nitrogens with one attached hydrogen (secondary N) is 1. The largest absolute Gasteiger partial charge is 0.454 e. The van der Waals surface area contributed by atoms with E-state index in [9.17, 15) is 4.79 Å². The minimum atomic E-state index is -0.137. The second-order valence-corrected chi connectivity index (χ2v) is 5.88. The summed E-state index contributed by atoms with van der Waals surface area (Å²) in [6, 6.07) is 5.57. The first-order chi connectivity index (χ1) is 12.3. The highest BCUT2D eigenvalue weighted by Crippen LogP contribution is 2.32. The Bertz CT molecular complexity index is 813. The van der Waals surface area contributed by atoms with Crippen molar-refractivity contribution in [2.75, 3.05) is 19.9 Å². The molecule has 0 saturated carbocycles. The van der Waals surface area contributed by atoms with Crippen LogP contribution in [0, 0.1) is 0 Å². The maximum Gasteiger partial charge on any atom is 0.244 e. The lowest BCUT2D eigenvalue weighted by molar-refractivity contribution is -0.116. The van der Waals surface area contributed by atoms with Crippen LogP contribution in [0.2, 0.25) is 0 Å². The number of benzene rings is 1. The van der Waals surface area contributed by atoms with Gasteiger partial charge in [-0.1, -0.05) is 6.07 Å². The summed E-state index contributed by atoms with van der Waals surface area (Å²) in [6.07, 6.45) is 5.98. The summed E-state index contributed by atoms with van der Waals surface area (Å²) in [6.45, 7) is 2.77. The minimum absolute atomic E-state index is 0.137. The van der Waals surface area contributed by atoms with E-state index in [4.69, 9.17) is 14.2 Å². The van der Waals surface area contributed by atoms with E-state index >= 15 is 0 Å². The van der Waals surface area contributed by atoms with Crippen molar-refractivity contribution in [2.24, 2.45) is 0 Å². The molecule has 7 nitrogen and oxygen atoms in total. The molecule has 3 heterocycles. The number of nitrogens with zero attached hydrogens (tertiary/aromatic N) is 2. The van der Waals surface area contributed by atoms with E-state index in [1.54, 1.807) is 6.08 Å². The van der Waals surface area contributed by atoms with E-state index in [1.807, 2.05) is 29.1 Å². The molecule has 0 bridgehead atoms. The first-order valence-electron chi connectivity index (χ1n) is 8.26. The quantitative estimate of drug-likeness (QED) is 0.835. The highest BCUT2D eigenvalue weighted by atomic mass is 16.7. The predicted molar refractivity (Wildman–Crippen MR) is 90.2 cm³/mol. The normalized spacial score (nSPS) is 15.4. The van der Waals surface area contributed by atoms with Gasteiger partial charge in [0.1, 0.15) is 0 Å². The van der Waals surface area contributed by atoms with Gasteiger partial charge in [-0.2, -0.15) is 5.10 Å². The number of aromatic nitrogens is 2.